The predicted octanol–water partition coefficient (Wildman–Crippen LogP) is 19.3. The molecule has 0 heterocycles. The van der Waals surface area contributed by atoms with Gasteiger partial charge < -0.3 is 15.2 Å². The number of nitrogens with one attached hydrogen (secondary N) is 1. The molecular formula is C78H118F3N3O7. The standard InChI is InChI=1S/C32H43NO4.C30H40F2N2O3.C12H23F.2C2H6/c1-20(34)37-14-6-9-32-11-8-23-28(24(32)18-29(2,3)12-13-32)26(36)16-27-30(23,4)10-7-22-15-25(35)21(19-33)17-31(22,27)5;1-26(2)10-11-30(34-25(37)29(5,31)32)9-7-19-24(20(30)15-26)22(36)13-23-27(19,3)8-6-18-12-21(35)17(16-33)14-28(18,23)4;1-5-6-12(13)8-7-11(3,4)9-10(12)2;2*1-2/h16-17,22-24,28H,6-15,18H2,1-5H3;13,18-20,24,35H,6-12,14-15H2,1-5H3,(H,34,37);10H,5-9H2,1-4H3;2*1-2H3. The van der Waals surface area contributed by atoms with E-state index in [0.29, 0.717) is 81.3 Å². The summed E-state index contributed by atoms with van der Waals surface area (Å²) >= 11 is 0. The number of ketones is 3. The Labute approximate surface area is 547 Å². The van der Waals surface area contributed by atoms with E-state index in [0.717, 1.165) is 108 Å². The third-order valence-corrected chi connectivity index (χ3v) is 26.5. The van der Waals surface area contributed by atoms with Gasteiger partial charge in [-0.15, -0.1) is 0 Å². The van der Waals surface area contributed by atoms with Gasteiger partial charge in [-0.05, 0) is 226 Å². The van der Waals surface area contributed by atoms with Crippen LogP contribution >= 0.6 is 0 Å². The van der Waals surface area contributed by atoms with Gasteiger partial charge in [0, 0.05) is 49.5 Å². The van der Waals surface area contributed by atoms with Crippen LogP contribution in [0, 0.1) is 119 Å². The Morgan fingerprint density at radius 2 is 1.21 bits per heavy atom. The minimum absolute atomic E-state index is 0.0283. The number of ether oxygens (including phenoxy) is 1. The number of nitrogens with zero attached hydrogens (tertiary/aromatic N) is 2. The van der Waals surface area contributed by atoms with Gasteiger partial charge in [0.05, 0.1) is 23.8 Å². The smallest absolute Gasteiger partial charge is 0.321 e. The maximum Gasteiger partial charge on any atom is 0.321 e. The Morgan fingerprint density at radius 1 is 0.670 bits per heavy atom. The number of carbonyl (C=O) groups is 5. The SMILES string of the molecule is CC.CC.CC(=O)OCCCC12CCC3C(C(=O)C=C4C5(C)C=C(C#N)C(=O)CC5CCC43C)C1CC(C)(C)CC2.CC1(C)CCC2(NC(=O)C(C)(F)F)CCC3C(C(=O)C=C4C5(C)CC(C#N)=C(O)CC5CCC43C)C2C1.CCCC1(F)CCC(C)(C)CC1C. The van der Waals surface area contributed by atoms with Crippen LogP contribution in [0.2, 0.25) is 0 Å². The summed E-state index contributed by atoms with van der Waals surface area (Å²) in [6.07, 6.45) is 26.3. The summed E-state index contributed by atoms with van der Waals surface area (Å²) in [5, 5.41) is 32.5. The van der Waals surface area contributed by atoms with E-state index in [4.69, 9.17) is 4.74 Å². The van der Waals surface area contributed by atoms with Crippen molar-refractivity contribution in [3.8, 4) is 12.1 Å². The molecule has 0 aromatic rings. The van der Waals surface area contributed by atoms with E-state index >= 15 is 0 Å². The lowest BCUT2D eigenvalue weighted by Crippen LogP contribution is -2.67. The zero-order valence-corrected chi connectivity index (χ0v) is 59.5. The largest absolute Gasteiger partial charge is 0.511 e. The first-order chi connectivity index (χ1) is 42.3. The van der Waals surface area contributed by atoms with Gasteiger partial charge in [0.15, 0.2) is 17.3 Å². The van der Waals surface area contributed by atoms with Crippen molar-refractivity contribution in [2.75, 3.05) is 6.61 Å². The Hall–Kier alpha value is -4.52. The fraction of sp³-hybridized carbons (Fsp3) is 0.808. The van der Waals surface area contributed by atoms with Crippen molar-refractivity contribution in [2.24, 2.45) is 96.6 Å². The molecule has 0 aromatic carbocycles. The van der Waals surface area contributed by atoms with Crippen LogP contribution in [0.25, 0.3) is 0 Å². The van der Waals surface area contributed by atoms with Crippen molar-refractivity contribution < 1.29 is 47.0 Å². The van der Waals surface area contributed by atoms with Crippen LogP contribution in [0.5, 0.6) is 0 Å². The number of allylic oxidation sites excluding steroid dienone is 8. The number of esters is 1. The molecular weight excluding hydrogens is 1150 g/mol. The molecule has 11 rings (SSSR count). The summed E-state index contributed by atoms with van der Waals surface area (Å²) < 4.78 is 47.6. The molecule has 0 saturated heterocycles. The van der Waals surface area contributed by atoms with Crippen LogP contribution in [0.4, 0.5) is 13.2 Å². The number of halogens is 3. The first-order valence-electron chi connectivity index (χ1n) is 35.8. The molecule has 2 N–H and O–H groups in total. The second-order valence-electron chi connectivity index (χ2n) is 33.8. The van der Waals surface area contributed by atoms with Crippen LogP contribution < -0.4 is 5.32 Å². The topological polar surface area (TPSA) is 174 Å². The van der Waals surface area contributed by atoms with Crippen LogP contribution in [-0.4, -0.2) is 58.1 Å². The van der Waals surface area contributed by atoms with Crippen LogP contribution in [-0.2, 0) is 28.7 Å². The van der Waals surface area contributed by atoms with Gasteiger partial charge in [0.2, 0.25) is 0 Å². The van der Waals surface area contributed by atoms with Gasteiger partial charge >= 0.3 is 11.9 Å². The Morgan fingerprint density at radius 3 is 1.78 bits per heavy atom. The third kappa shape index (κ3) is 14.0. The molecule has 0 radical (unpaired) electrons. The van der Waals surface area contributed by atoms with E-state index < -0.39 is 28.5 Å². The van der Waals surface area contributed by atoms with Gasteiger partial charge in [-0.25, -0.2) is 4.39 Å². The van der Waals surface area contributed by atoms with E-state index in [9.17, 15) is 52.8 Å². The molecule has 91 heavy (non-hydrogen) atoms. The van der Waals surface area contributed by atoms with Gasteiger partial charge in [-0.1, -0.05) is 134 Å². The number of hydrogen-bond acceptors (Lipinski definition) is 9. The lowest BCUT2D eigenvalue weighted by atomic mass is 9.39. The molecule has 508 valence electrons. The molecule has 0 aliphatic heterocycles. The summed E-state index contributed by atoms with van der Waals surface area (Å²) in [6.45, 7) is 37.3. The van der Waals surface area contributed by atoms with Gasteiger partial charge in [0.1, 0.15) is 17.5 Å². The molecule has 16 unspecified atom stereocenters. The Balaban J connectivity index is 0.000000207. The maximum atomic E-state index is 14.3. The van der Waals surface area contributed by atoms with Crippen molar-refractivity contribution >= 4 is 29.2 Å². The van der Waals surface area contributed by atoms with Gasteiger partial charge in [-0.2, -0.15) is 19.3 Å². The zero-order chi connectivity index (χ0) is 68.1. The second-order valence-corrected chi connectivity index (χ2v) is 33.8. The average Bonchev–Trinajstić information content (AvgIpc) is 0.701. The van der Waals surface area contributed by atoms with Gasteiger partial charge in [0.25, 0.3) is 5.91 Å². The van der Waals surface area contributed by atoms with E-state index in [-0.39, 0.29) is 109 Å². The van der Waals surface area contributed by atoms with E-state index in [1.165, 1.54) is 18.9 Å². The van der Waals surface area contributed by atoms with Crippen molar-refractivity contribution in [3.05, 3.63) is 46.3 Å². The highest BCUT2D eigenvalue weighted by molar-refractivity contribution is 6.01. The summed E-state index contributed by atoms with van der Waals surface area (Å²) in [6, 6.07) is 4.32. The highest BCUT2D eigenvalue weighted by Crippen LogP contribution is 2.71. The highest BCUT2D eigenvalue weighted by atomic mass is 19.3. The molecule has 11 aliphatic rings. The van der Waals surface area contributed by atoms with Crippen molar-refractivity contribution in [1.82, 2.24) is 5.32 Å². The molecule has 11 aliphatic carbocycles. The van der Waals surface area contributed by atoms with Crippen LogP contribution in [0.15, 0.2) is 46.3 Å². The zero-order valence-electron chi connectivity index (χ0n) is 59.5. The number of aliphatic hydroxyl groups excluding tert-OH is 1. The number of hydrogen-bond donors (Lipinski definition) is 2. The van der Waals surface area contributed by atoms with Gasteiger partial charge in [-0.3, -0.25) is 24.0 Å². The number of carbonyl (C=O) groups excluding carboxylic acids is 5. The first kappa shape index (κ1) is 73.9. The summed E-state index contributed by atoms with van der Waals surface area (Å²) in [5.41, 5.74) is 0.882. The monoisotopic (exact) mass is 1270 g/mol. The summed E-state index contributed by atoms with van der Waals surface area (Å²) in [4.78, 5) is 64.7. The maximum absolute atomic E-state index is 14.3. The van der Waals surface area contributed by atoms with Crippen LogP contribution in [0.3, 0.4) is 0 Å². The minimum Gasteiger partial charge on any atom is -0.511 e. The predicted molar refractivity (Wildman–Crippen MR) is 355 cm³/mol. The number of Topliss-reactive ketones (excluding diaryl/α,β-unsaturated/α-hetero) is 1. The van der Waals surface area contributed by atoms with Crippen molar-refractivity contribution in [3.63, 3.8) is 0 Å². The molecule has 16 atom stereocenters. The minimum atomic E-state index is -3.47. The normalized spacial score (nSPS) is 40.3. The lowest BCUT2D eigenvalue weighted by Gasteiger charge is -2.64. The third-order valence-electron chi connectivity index (χ3n) is 26.5. The van der Waals surface area contributed by atoms with Crippen molar-refractivity contribution in [2.45, 2.75) is 296 Å². The van der Waals surface area contributed by atoms with E-state index in [1.807, 2.05) is 45.9 Å². The number of alkyl halides is 3. The first-order valence-corrected chi connectivity index (χ1v) is 35.8. The number of nitriles is 2. The summed E-state index contributed by atoms with van der Waals surface area (Å²) in [7, 11) is 0. The number of fused-ring (bicyclic) bond motifs is 14. The van der Waals surface area contributed by atoms with Crippen molar-refractivity contribution in [1.29, 1.82) is 10.5 Å². The van der Waals surface area contributed by atoms with Crippen LogP contribution in [0.1, 0.15) is 279 Å². The molecule has 13 heteroatoms. The average molecular weight is 1270 g/mol. The second kappa shape index (κ2) is 26.9. The molecule has 1 amide bonds. The number of aliphatic hydroxyl groups is 1. The number of amides is 1. The fourth-order valence-electron chi connectivity index (χ4n) is 21.5. The summed E-state index contributed by atoms with van der Waals surface area (Å²) in [5.74, 6) is -3.67. The molecule has 0 aromatic heterocycles. The van der Waals surface area contributed by atoms with E-state index in [1.54, 1.807) is 0 Å². The Kier molecular flexibility index (Phi) is 21.9. The molecule has 7 saturated carbocycles. The Bertz CT molecular complexity index is 2990. The quantitative estimate of drug-likeness (QED) is 0.177. The molecule has 7 fully saturated rings. The molecule has 10 nitrogen and oxygen atoms in total. The molecule has 0 spiro atoms. The number of rotatable bonds is 8. The highest BCUT2D eigenvalue weighted by Gasteiger charge is 2.67. The van der Waals surface area contributed by atoms with E-state index in [2.05, 4.69) is 101 Å². The molecule has 0 bridgehead atoms. The fourth-order valence-corrected chi connectivity index (χ4v) is 21.5. The lowest BCUT2D eigenvalue weighted by molar-refractivity contribution is -0.155.